The van der Waals surface area contributed by atoms with Crippen LogP contribution >= 0.6 is 0 Å². The van der Waals surface area contributed by atoms with Gasteiger partial charge >= 0.3 is 5.97 Å². The normalized spacial score (nSPS) is 14.8. The molecule has 1 aliphatic rings. The molecule has 5 rings (SSSR count). The maximum Gasteiger partial charge on any atom is 0.344 e. The quantitative estimate of drug-likeness (QED) is 0.335. The number of esters is 1. The van der Waals surface area contributed by atoms with E-state index in [2.05, 4.69) is 10.1 Å². The topological polar surface area (TPSA) is 103 Å². The maximum absolute atomic E-state index is 13.3. The predicted octanol–water partition coefficient (Wildman–Crippen LogP) is 4.27. The van der Waals surface area contributed by atoms with Crippen molar-refractivity contribution in [1.82, 2.24) is 14.6 Å². The molecular weight excluding hydrogens is 496 g/mol. The lowest BCUT2D eigenvalue weighted by molar-refractivity contribution is -0.136. The molecule has 2 aromatic carbocycles. The molecule has 0 fully saturated rings. The third-order valence-corrected chi connectivity index (χ3v) is 6.72. The molecule has 1 atom stereocenters. The number of hydrogen-bond donors (Lipinski definition) is 0. The number of rotatable bonds is 7. The molecule has 4 aromatic rings. The zero-order valence-electron chi connectivity index (χ0n) is 22.0. The summed E-state index contributed by atoms with van der Waals surface area (Å²) in [7, 11) is 1.59. The van der Waals surface area contributed by atoms with Gasteiger partial charge < -0.3 is 14.0 Å². The molecular formula is C30H28N4O5. The summed E-state index contributed by atoms with van der Waals surface area (Å²) in [6, 6.07) is 20.0. The first-order valence-electron chi connectivity index (χ1n) is 12.7. The van der Waals surface area contributed by atoms with E-state index in [9.17, 15) is 14.4 Å². The molecule has 0 spiro atoms. The van der Waals surface area contributed by atoms with Crippen LogP contribution in [0.3, 0.4) is 0 Å². The summed E-state index contributed by atoms with van der Waals surface area (Å²) in [5.74, 6) is -0.666. The molecule has 1 aliphatic heterocycles. The van der Waals surface area contributed by atoms with E-state index in [0.29, 0.717) is 29.7 Å². The van der Waals surface area contributed by atoms with E-state index in [1.165, 1.54) is 11.2 Å². The number of hydrazone groups is 1. The lowest BCUT2D eigenvalue weighted by Crippen LogP contribution is -2.32. The number of fused-ring (bicyclic) bond motifs is 1. The van der Waals surface area contributed by atoms with Gasteiger partial charge in [-0.05, 0) is 49.2 Å². The van der Waals surface area contributed by atoms with E-state index < -0.39 is 23.9 Å². The van der Waals surface area contributed by atoms with Gasteiger partial charge in [-0.3, -0.25) is 9.59 Å². The molecule has 0 unspecified atom stereocenters. The molecule has 2 aromatic heterocycles. The highest BCUT2D eigenvalue weighted by atomic mass is 16.5. The number of methoxy groups -OCH3 is 1. The Morgan fingerprint density at radius 3 is 2.46 bits per heavy atom. The van der Waals surface area contributed by atoms with Crippen LogP contribution in [0.25, 0.3) is 11.0 Å². The summed E-state index contributed by atoms with van der Waals surface area (Å²) in [5.41, 5.74) is 3.15. The third-order valence-electron chi connectivity index (χ3n) is 6.72. The third kappa shape index (κ3) is 5.16. The van der Waals surface area contributed by atoms with Crippen LogP contribution in [0.5, 0.6) is 5.75 Å². The second-order valence-corrected chi connectivity index (χ2v) is 9.20. The van der Waals surface area contributed by atoms with Crippen molar-refractivity contribution in [3.8, 4) is 5.75 Å². The number of pyridine rings is 2. The Kier molecular flexibility index (Phi) is 7.23. The van der Waals surface area contributed by atoms with Crippen LogP contribution in [-0.2, 0) is 16.1 Å². The molecule has 1 amide bonds. The number of hydrogen-bond acceptors (Lipinski definition) is 7. The van der Waals surface area contributed by atoms with Crippen LogP contribution < -0.4 is 10.2 Å². The average molecular weight is 525 g/mol. The maximum atomic E-state index is 13.3. The van der Waals surface area contributed by atoms with Gasteiger partial charge in [-0.1, -0.05) is 42.5 Å². The number of carbonyl (C=O) groups excluding carboxylic acids is 2. The first kappa shape index (κ1) is 25.8. The molecule has 0 saturated carbocycles. The molecule has 9 nitrogen and oxygen atoms in total. The van der Waals surface area contributed by atoms with Gasteiger partial charge in [0.05, 0.1) is 24.2 Å². The van der Waals surface area contributed by atoms with Crippen molar-refractivity contribution in [3.05, 3.63) is 106 Å². The van der Waals surface area contributed by atoms with Gasteiger partial charge in [0.15, 0.2) is 6.61 Å². The number of nitrogens with zero attached hydrogens (tertiary/aromatic N) is 4. The van der Waals surface area contributed by atoms with Gasteiger partial charge in [-0.25, -0.2) is 14.8 Å². The average Bonchev–Trinajstić information content (AvgIpc) is 3.42. The number of aromatic nitrogens is 2. The highest BCUT2D eigenvalue weighted by molar-refractivity contribution is 6.03. The molecule has 0 saturated heterocycles. The van der Waals surface area contributed by atoms with E-state index in [0.717, 1.165) is 22.5 Å². The summed E-state index contributed by atoms with van der Waals surface area (Å²) in [5, 5.41) is 6.28. The van der Waals surface area contributed by atoms with Gasteiger partial charge in [0.1, 0.15) is 17.0 Å². The highest BCUT2D eigenvalue weighted by Crippen LogP contribution is 2.33. The van der Waals surface area contributed by atoms with E-state index in [-0.39, 0.29) is 11.6 Å². The second-order valence-electron chi connectivity index (χ2n) is 9.20. The fourth-order valence-electron chi connectivity index (χ4n) is 4.65. The highest BCUT2D eigenvalue weighted by Gasteiger charge is 2.34. The molecule has 198 valence electrons. The molecule has 39 heavy (non-hydrogen) atoms. The van der Waals surface area contributed by atoms with Crippen LogP contribution in [0.4, 0.5) is 0 Å². The molecule has 3 heterocycles. The number of amides is 1. The number of carbonyl (C=O) groups is 2. The predicted molar refractivity (Wildman–Crippen MR) is 147 cm³/mol. The van der Waals surface area contributed by atoms with Gasteiger partial charge in [-0.2, -0.15) is 5.10 Å². The fourth-order valence-corrected chi connectivity index (χ4v) is 4.65. The first-order chi connectivity index (χ1) is 18.9. The van der Waals surface area contributed by atoms with Crippen molar-refractivity contribution in [2.75, 3.05) is 13.7 Å². The van der Waals surface area contributed by atoms with Gasteiger partial charge in [0, 0.05) is 24.9 Å². The van der Waals surface area contributed by atoms with Crippen molar-refractivity contribution in [3.63, 3.8) is 0 Å². The SMILES string of the molecule is CCn1cc(C(=O)OCC(=O)N2N=C(c3ccccc3)C[C@@H]2c2ccc(OC)cc2)c(=O)c2ccc(C)nc21. The van der Waals surface area contributed by atoms with Crippen LogP contribution in [0.1, 0.15) is 46.6 Å². The fraction of sp³-hybridized carbons (Fsp3) is 0.233. The number of ether oxygens (including phenoxy) is 2. The Morgan fingerprint density at radius 2 is 1.77 bits per heavy atom. The minimum Gasteiger partial charge on any atom is -0.497 e. The Balaban J connectivity index is 1.39. The van der Waals surface area contributed by atoms with Crippen LogP contribution in [0.2, 0.25) is 0 Å². The molecule has 0 aliphatic carbocycles. The lowest BCUT2D eigenvalue weighted by atomic mass is 9.98. The molecule has 0 N–H and O–H groups in total. The molecule has 9 heteroatoms. The monoisotopic (exact) mass is 524 g/mol. The lowest BCUT2D eigenvalue weighted by Gasteiger charge is -2.22. The zero-order chi connectivity index (χ0) is 27.5. The Hall–Kier alpha value is -4.79. The smallest absolute Gasteiger partial charge is 0.344 e. The van der Waals surface area contributed by atoms with Crippen LogP contribution in [0.15, 0.2) is 82.8 Å². The molecule has 0 radical (unpaired) electrons. The van der Waals surface area contributed by atoms with E-state index in [1.54, 1.807) is 23.8 Å². The largest absolute Gasteiger partial charge is 0.497 e. The standard InChI is InChI=1S/C30H28N4O5/c1-4-33-17-24(28(36)23-15-10-19(2)31-29(23)33)30(37)39-18-27(35)34-26(21-11-13-22(38-3)14-12-21)16-25(32-34)20-8-6-5-7-9-20/h5-15,17,26H,4,16,18H2,1-3H3/t26-/m1/s1. The minimum absolute atomic E-state index is 0.149. The summed E-state index contributed by atoms with van der Waals surface area (Å²) in [6.45, 7) is 3.66. The van der Waals surface area contributed by atoms with Gasteiger partial charge in [0.2, 0.25) is 5.43 Å². The van der Waals surface area contributed by atoms with Crippen molar-refractivity contribution < 1.29 is 19.1 Å². The van der Waals surface area contributed by atoms with Crippen molar-refractivity contribution >= 4 is 28.6 Å². The Bertz CT molecular complexity index is 1630. The van der Waals surface area contributed by atoms with Crippen LogP contribution in [-0.4, -0.2) is 45.9 Å². The summed E-state index contributed by atoms with van der Waals surface area (Å²) >= 11 is 0. The van der Waals surface area contributed by atoms with Crippen molar-refractivity contribution in [2.24, 2.45) is 5.10 Å². The first-order valence-corrected chi connectivity index (χ1v) is 12.7. The summed E-state index contributed by atoms with van der Waals surface area (Å²) in [6.07, 6.45) is 1.93. The number of aryl methyl sites for hydroxylation is 2. The van der Waals surface area contributed by atoms with Crippen LogP contribution in [0, 0.1) is 6.92 Å². The number of benzene rings is 2. The van der Waals surface area contributed by atoms with E-state index in [1.807, 2.05) is 68.4 Å². The van der Waals surface area contributed by atoms with E-state index >= 15 is 0 Å². The van der Waals surface area contributed by atoms with Crippen molar-refractivity contribution in [2.45, 2.75) is 32.9 Å². The van der Waals surface area contributed by atoms with Gasteiger partial charge in [0.25, 0.3) is 5.91 Å². The van der Waals surface area contributed by atoms with Crippen molar-refractivity contribution in [1.29, 1.82) is 0 Å². The Morgan fingerprint density at radius 1 is 1.03 bits per heavy atom. The summed E-state index contributed by atoms with van der Waals surface area (Å²) < 4.78 is 12.3. The molecule has 0 bridgehead atoms. The Labute approximate surface area is 225 Å². The van der Waals surface area contributed by atoms with E-state index in [4.69, 9.17) is 9.47 Å². The summed E-state index contributed by atoms with van der Waals surface area (Å²) in [4.78, 5) is 43.8. The second kappa shape index (κ2) is 10.9. The minimum atomic E-state index is -0.870. The van der Waals surface area contributed by atoms with Gasteiger partial charge in [-0.15, -0.1) is 0 Å². The zero-order valence-corrected chi connectivity index (χ0v) is 22.0.